The molecular weight excluding hydrogens is 277 g/mol. The van der Waals surface area contributed by atoms with Crippen LogP contribution in [0.25, 0.3) is 10.4 Å². The minimum atomic E-state index is 0.386. The summed E-state index contributed by atoms with van der Waals surface area (Å²) in [4.78, 5) is 3.36. The number of azide groups is 1. The van der Waals surface area contributed by atoms with E-state index in [1.165, 1.54) is 4.46 Å². The molecule has 0 N–H and O–H groups in total. The summed E-state index contributed by atoms with van der Waals surface area (Å²) in [6.45, 7) is 4.34. The number of unbranched alkanes of at least 4 members (excludes halogenated alkanes) is 1. The average Bonchev–Trinajstić information content (AvgIpc) is 2.37. The molecule has 1 atom stereocenters. The van der Waals surface area contributed by atoms with Gasteiger partial charge in [-0.2, -0.15) is 0 Å². The number of allylic oxidation sites excluding steroid dienone is 1. The molecule has 0 radical (unpaired) electrons. The molecule has 0 saturated heterocycles. The molecule has 3 nitrogen and oxygen atoms in total. The maximum absolute atomic E-state index is 8.40. The van der Waals surface area contributed by atoms with Crippen molar-refractivity contribution in [3.63, 3.8) is 0 Å². The second-order valence-electron chi connectivity index (χ2n) is 3.69. The Balaban J connectivity index is 2.50. The van der Waals surface area contributed by atoms with Crippen molar-refractivity contribution >= 4 is 19.4 Å². The van der Waals surface area contributed by atoms with Crippen molar-refractivity contribution in [3.05, 3.63) is 53.4 Å². The molecule has 0 spiro atoms. The van der Waals surface area contributed by atoms with Crippen molar-refractivity contribution in [1.29, 1.82) is 0 Å². The first-order valence-corrected chi connectivity index (χ1v) is 7.55. The van der Waals surface area contributed by atoms with E-state index in [-0.39, 0.29) is 0 Å². The molecule has 17 heavy (non-hydrogen) atoms. The molecule has 90 valence electrons. The molecular formula is C13H17N3Se. The second kappa shape index (κ2) is 8.89. The summed E-state index contributed by atoms with van der Waals surface area (Å²) >= 11 is 0.386. The number of benzene rings is 1. The third-order valence-corrected chi connectivity index (χ3v) is 4.98. The van der Waals surface area contributed by atoms with Gasteiger partial charge in [-0.25, -0.2) is 0 Å². The molecule has 1 aromatic rings. The Morgan fingerprint density at radius 2 is 2.18 bits per heavy atom. The third-order valence-electron chi connectivity index (χ3n) is 2.33. The predicted octanol–water partition coefficient (Wildman–Crippen LogP) is 3.47. The van der Waals surface area contributed by atoms with E-state index in [0.717, 1.165) is 19.3 Å². The van der Waals surface area contributed by atoms with Gasteiger partial charge in [0.25, 0.3) is 0 Å². The summed E-state index contributed by atoms with van der Waals surface area (Å²) in [7, 11) is 0. The van der Waals surface area contributed by atoms with Crippen LogP contribution in [0.15, 0.2) is 48.1 Å². The van der Waals surface area contributed by atoms with E-state index < -0.39 is 0 Å². The summed E-state index contributed by atoms with van der Waals surface area (Å²) in [6.07, 6.45) is 5.22. The molecule has 0 amide bonds. The minimum absolute atomic E-state index is 0.386. The summed E-state index contributed by atoms with van der Waals surface area (Å²) in [5.41, 5.74) is 8.40. The molecule has 0 aliphatic heterocycles. The Morgan fingerprint density at radius 1 is 1.41 bits per heavy atom. The zero-order chi connectivity index (χ0) is 12.3. The zero-order valence-corrected chi connectivity index (χ0v) is 11.5. The molecule has 1 rings (SSSR count). The van der Waals surface area contributed by atoms with Gasteiger partial charge in [-0.15, -0.1) is 0 Å². The van der Waals surface area contributed by atoms with Crippen LogP contribution in [0.1, 0.15) is 19.3 Å². The van der Waals surface area contributed by atoms with Gasteiger partial charge in [-0.3, -0.25) is 0 Å². The molecule has 0 saturated carbocycles. The molecule has 0 fully saturated rings. The molecule has 1 unspecified atom stereocenters. The molecule has 4 heteroatoms. The van der Waals surface area contributed by atoms with Crippen LogP contribution in [0.2, 0.25) is 4.82 Å². The van der Waals surface area contributed by atoms with Gasteiger partial charge in [-0.1, -0.05) is 0 Å². The summed E-state index contributed by atoms with van der Waals surface area (Å²) in [5, 5.41) is 3.72. The van der Waals surface area contributed by atoms with Gasteiger partial charge in [0.15, 0.2) is 0 Å². The predicted molar refractivity (Wildman–Crippen MR) is 73.6 cm³/mol. The molecule has 0 aromatic heterocycles. The van der Waals surface area contributed by atoms with Crippen molar-refractivity contribution in [2.45, 2.75) is 24.1 Å². The Bertz CT molecular complexity index is 372. The Morgan fingerprint density at radius 3 is 2.82 bits per heavy atom. The van der Waals surface area contributed by atoms with Crippen molar-refractivity contribution in [2.75, 3.05) is 6.54 Å². The van der Waals surface area contributed by atoms with E-state index in [1.807, 2.05) is 12.1 Å². The van der Waals surface area contributed by atoms with Crippen molar-refractivity contribution in [2.24, 2.45) is 5.11 Å². The fourth-order valence-electron chi connectivity index (χ4n) is 1.50. The fraction of sp³-hybridized carbons (Fsp3) is 0.385. The van der Waals surface area contributed by atoms with Crippen LogP contribution in [0.4, 0.5) is 0 Å². The van der Waals surface area contributed by atoms with Gasteiger partial charge in [0.1, 0.15) is 0 Å². The number of rotatable bonds is 8. The van der Waals surface area contributed by atoms with Crippen LogP contribution >= 0.6 is 0 Å². The maximum atomic E-state index is 8.40. The number of hydrogen-bond donors (Lipinski definition) is 0. The normalized spacial score (nSPS) is 11.5. The van der Waals surface area contributed by atoms with Gasteiger partial charge >= 0.3 is 109 Å². The van der Waals surface area contributed by atoms with Crippen LogP contribution in [0.3, 0.4) is 0 Å². The van der Waals surface area contributed by atoms with Gasteiger partial charge in [0.05, 0.1) is 0 Å². The van der Waals surface area contributed by atoms with E-state index in [0.29, 0.717) is 26.3 Å². The number of nitrogens with zero attached hydrogens (tertiary/aromatic N) is 3. The molecule has 0 aliphatic carbocycles. The van der Waals surface area contributed by atoms with Crippen LogP contribution < -0.4 is 4.46 Å². The monoisotopic (exact) mass is 295 g/mol. The van der Waals surface area contributed by atoms with Gasteiger partial charge < -0.3 is 0 Å². The number of hydrogen-bond acceptors (Lipinski definition) is 1. The first-order chi connectivity index (χ1) is 8.36. The third kappa shape index (κ3) is 6.18. The van der Waals surface area contributed by atoms with Gasteiger partial charge in [-0.05, 0) is 0 Å². The van der Waals surface area contributed by atoms with E-state index in [1.54, 1.807) is 0 Å². The average molecular weight is 294 g/mol. The summed E-state index contributed by atoms with van der Waals surface area (Å²) in [6, 6.07) is 10.4. The van der Waals surface area contributed by atoms with E-state index in [9.17, 15) is 0 Å². The first-order valence-electron chi connectivity index (χ1n) is 5.70. The SMILES string of the molecule is C=CCCCC(CN=[N+]=[N-])[Se]c1ccccc1. The quantitative estimate of drug-likeness (QED) is 0.176. The Hall–Kier alpha value is -1.21. The topological polar surface area (TPSA) is 48.8 Å². The molecule has 0 heterocycles. The Labute approximate surface area is 109 Å². The van der Waals surface area contributed by atoms with Gasteiger partial charge in [0, 0.05) is 0 Å². The van der Waals surface area contributed by atoms with Gasteiger partial charge in [0.2, 0.25) is 0 Å². The van der Waals surface area contributed by atoms with Crippen LogP contribution in [-0.2, 0) is 0 Å². The van der Waals surface area contributed by atoms with E-state index >= 15 is 0 Å². The van der Waals surface area contributed by atoms with Crippen molar-refractivity contribution in [1.82, 2.24) is 0 Å². The zero-order valence-electron chi connectivity index (χ0n) is 9.83. The van der Waals surface area contributed by atoms with Crippen LogP contribution in [0, 0.1) is 0 Å². The van der Waals surface area contributed by atoms with Crippen LogP contribution in [-0.4, -0.2) is 21.5 Å². The van der Waals surface area contributed by atoms with E-state index in [4.69, 9.17) is 5.53 Å². The van der Waals surface area contributed by atoms with Crippen LogP contribution in [0.5, 0.6) is 0 Å². The first kappa shape index (κ1) is 13.9. The van der Waals surface area contributed by atoms with Crippen molar-refractivity contribution < 1.29 is 0 Å². The van der Waals surface area contributed by atoms with Crippen molar-refractivity contribution in [3.8, 4) is 0 Å². The molecule has 1 aromatic carbocycles. The Kier molecular flexibility index (Phi) is 7.24. The standard InChI is InChI=1S/C13H17N3Se/c1-2-3-5-10-13(11-15-16-14)17-12-8-6-4-7-9-12/h2,4,6-9,13H,1,3,5,10-11H2. The second-order valence-corrected chi connectivity index (χ2v) is 6.57. The fourth-order valence-corrected chi connectivity index (χ4v) is 3.86. The molecule has 0 aliphatic rings. The van der Waals surface area contributed by atoms with E-state index in [2.05, 4.69) is 40.9 Å². The molecule has 0 bridgehead atoms. The summed E-state index contributed by atoms with van der Waals surface area (Å²) < 4.78 is 1.37. The summed E-state index contributed by atoms with van der Waals surface area (Å²) in [5.74, 6) is 0.